The molecule has 0 spiro atoms. The van der Waals surface area contributed by atoms with E-state index in [0.29, 0.717) is 12.0 Å². The molecule has 0 atom stereocenters. The normalized spacial score (nSPS) is 11.2. The van der Waals surface area contributed by atoms with Crippen molar-refractivity contribution in [2.24, 2.45) is 0 Å². The molecule has 31 heavy (non-hydrogen) atoms. The molecule has 0 aliphatic heterocycles. The summed E-state index contributed by atoms with van der Waals surface area (Å²) < 4.78 is 37.3. The molecule has 2 aromatic carbocycles. The topological polar surface area (TPSA) is 86.7 Å². The van der Waals surface area contributed by atoms with Gasteiger partial charge in [0.05, 0.1) is 4.90 Å². The molecular formula is C24H33NaO5S. The summed E-state index contributed by atoms with van der Waals surface area (Å²) in [6.45, 7) is 2.23. The van der Waals surface area contributed by atoms with Crippen molar-refractivity contribution in [2.75, 3.05) is 0 Å². The van der Waals surface area contributed by atoms with Crippen LogP contribution >= 0.6 is 0 Å². The number of benzene rings is 2. The minimum atomic E-state index is -4.32. The quantitative estimate of drug-likeness (QED) is 0.268. The minimum absolute atomic E-state index is 0. The molecule has 0 aliphatic rings. The zero-order valence-electron chi connectivity index (χ0n) is 18.8. The summed E-state index contributed by atoms with van der Waals surface area (Å²) in [5.41, 5.74) is 0.706. The van der Waals surface area contributed by atoms with Crippen molar-refractivity contribution in [2.45, 2.75) is 82.4 Å². The van der Waals surface area contributed by atoms with Gasteiger partial charge in [-0.25, -0.2) is 0 Å². The van der Waals surface area contributed by atoms with Crippen LogP contribution in [0.4, 0.5) is 0 Å². The molecule has 0 saturated heterocycles. The second kappa shape index (κ2) is 14.9. The van der Waals surface area contributed by atoms with Gasteiger partial charge in [-0.15, -0.1) is 0 Å². The molecule has 1 N–H and O–H groups in total. The summed E-state index contributed by atoms with van der Waals surface area (Å²) in [4.78, 5) is -0.269. The van der Waals surface area contributed by atoms with E-state index in [1.165, 1.54) is 69.6 Å². The number of para-hydroxylation sites is 1. The van der Waals surface area contributed by atoms with Crippen molar-refractivity contribution in [1.82, 2.24) is 0 Å². The number of unbranched alkanes of at least 4 members (excludes halogenated alkanes) is 9. The van der Waals surface area contributed by atoms with Crippen LogP contribution in [-0.2, 0) is 16.5 Å². The van der Waals surface area contributed by atoms with E-state index in [9.17, 15) is 13.5 Å². The Kier molecular flexibility index (Phi) is 13.5. The smallest absolute Gasteiger partial charge is 0.870 e. The number of hydrogen-bond acceptors (Lipinski definition) is 4. The fraction of sp³-hybridized carbons (Fsp3) is 0.500. The maximum Gasteiger partial charge on any atom is 1.00 e. The average molecular weight is 457 g/mol. The van der Waals surface area contributed by atoms with E-state index in [1.807, 2.05) is 6.07 Å². The Hall–Kier alpha value is -1.05. The number of hydrogen-bond donors (Lipinski definition) is 1. The molecule has 0 aromatic heterocycles. The Bertz CT molecular complexity index is 883. The van der Waals surface area contributed by atoms with Crippen LogP contribution in [0.3, 0.4) is 0 Å². The fourth-order valence-electron chi connectivity index (χ4n) is 3.47. The van der Waals surface area contributed by atoms with E-state index >= 15 is 0 Å². The number of rotatable bonds is 14. The maximum atomic E-state index is 12.7. The van der Waals surface area contributed by atoms with Gasteiger partial charge in [0.2, 0.25) is 0 Å². The van der Waals surface area contributed by atoms with E-state index < -0.39 is 10.1 Å². The second-order valence-corrected chi connectivity index (χ2v) is 9.15. The molecule has 0 aliphatic carbocycles. The van der Waals surface area contributed by atoms with Crippen LogP contribution in [0.1, 0.15) is 76.7 Å². The van der Waals surface area contributed by atoms with E-state index in [0.717, 1.165) is 12.8 Å². The predicted molar refractivity (Wildman–Crippen MR) is 118 cm³/mol. The summed E-state index contributed by atoms with van der Waals surface area (Å²) in [5.74, 6) is 0.177. The molecule has 7 heteroatoms. The van der Waals surface area contributed by atoms with Gasteiger partial charge in [-0.3, -0.25) is 4.55 Å². The summed E-state index contributed by atoms with van der Waals surface area (Å²) in [7, 11) is -4.32. The van der Waals surface area contributed by atoms with Crippen LogP contribution in [-0.4, -0.2) is 13.0 Å². The van der Waals surface area contributed by atoms with Crippen LogP contribution in [0.2, 0.25) is 0 Å². The van der Waals surface area contributed by atoms with Crippen LogP contribution in [0.25, 0.3) is 0 Å². The van der Waals surface area contributed by atoms with Gasteiger partial charge in [-0.1, -0.05) is 94.2 Å². The van der Waals surface area contributed by atoms with E-state index in [4.69, 9.17) is 9.29 Å². The molecule has 0 saturated carbocycles. The molecule has 0 amide bonds. The SMILES string of the molecule is CCCCCCCCCCCCc1cccc(Oc2cccc(S(=O)(=O)O)c2)c1[O-].[Na+]. The summed E-state index contributed by atoms with van der Waals surface area (Å²) in [6.07, 6.45) is 13.2. The zero-order valence-corrected chi connectivity index (χ0v) is 21.6. The van der Waals surface area contributed by atoms with Crippen molar-refractivity contribution in [3.63, 3.8) is 0 Å². The van der Waals surface area contributed by atoms with Gasteiger partial charge in [0, 0.05) is 6.07 Å². The van der Waals surface area contributed by atoms with Gasteiger partial charge < -0.3 is 9.84 Å². The molecule has 0 fully saturated rings. The standard InChI is InChI=1S/C24H34O5S.Na/c1-2-3-4-5-6-7-8-9-10-11-14-20-15-12-18-23(24(20)25)29-21-16-13-17-22(19-21)30(26,27)28;/h12-13,15-19,25H,2-11,14H2,1H3,(H,26,27,28);/q;+1/p-1. The first-order valence-electron chi connectivity index (χ1n) is 11.0. The van der Waals surface area contributed by atoms with E-state index in [-0.39, 0.29) is 51.7 Å². The third-order valence-corrected chi connectivity index (χ3v) is 6.04. The third-order valence-electron chi connectivity index (χ3n) is 5.19. The van der Waals surface area contributed by atoms with Gasteiger partial charge in [-0.2, -0.15) is 8.42 Å². The van der Waals surface area contributed by atoms with E-state index in [1.54, 1.807) is 18.2 Å². The minimum Gasteiger partial charge on any atom is -0.870 e. The summed E-state index contributed by atoms with van der Waals surface area (Å²) in [5, 5.41) is 12.7. The maximum absolute atomic E-state index is 12.7. The van der Waals surface area contributed by atoms with Gasteiger partial charge in [0.1, 0.15) is 11.5 Å². The van der Waals surface area contributed by atoms with E-state index in [2.05, 4.69) is 6.92 Å². The Labute approximate surface area is 209 Å². The number of aryl methyl sites for hydroxylation is 1. The first-order chi connectivity index (χ1) is 14.4. The summed E-state index contributed by atoms with van der Waals surface area (Å²) >= 11 is 0. The largest absolute Gasteiger partial charge is 1.00 e. The van der Waals surface area contributed by atoms with Crippen molar-refractivity contribution in [1.29, 1.82) is 0 Å². The molecule has 0 unspecified atom stereocenters. The molecule has 5 nitrogen and oxygen atoms in total. The number of ether oxygens (including phenoxy) is 1. The first-order valence-corrected chi connectivity index (χ1v) is 12.4. The van der Waals surface area contributed by atoms with Crippen molar-refractivity contribution in [3.8, 4) is 17.2 Å². The molecular weight excluding hydrogens is 423 g/mol. The first kappa shape index (κ1) is 28.0. The summed E-state index contributed by atoms with van der Waals surface area (Å²) in [6, 6.07) is 10.6. The van der Waals surface area contributed by atoms with Crippen LogP contribution < -0.4 is 39.4 Å². The molecule has 2 aromatic rings. The van der Waals surface area contributed by atoms with Crippen LogP contribution in [0.5, 0.6) is 17.2 Å². The Morgan fingerprint density at radius 1 is 0.871 bits per heavy atom. The van der Waals surface area contributed by atoms with Crippen molar-refractivity contribution >= 4 is 10.1 Å². The van der Waals surface area contributed by atoms with Crippen molar-refractivity contribution < 1.29 is 52.4 Å². The molecule has 0 radical (unpaired) electrons. The second-order valence-electron chi connectivity index (χ2n) is 7.73. The fourth-order valence-corrected chi connectivity index (χ4v) is 3.98. The Balaban J connectivity index is 0.00000480. The van der Waals surface area contributed by atoms with Gasteiger partial charge in [-0.05, 0) is 31.0 Å². The Morgan fingerprint density at radius 3 is 2.06 bits per heavy atom. The monoisotopic (exact) mass is 456 g/mol. The molecule has 166 valence electrons. The molecule has 2 rings (SSSR count). The van der Waals surface area contributed by atoms with Crippen LogP contribution in [0, 0.1) is 0 Å². The third kappa shape index (κ3) is 10.4. The predicted octanol–water partition coefficient (Wildman–Crippen LogP) is 3.27. The molecule has 0 heterocycles. The van der Waals surface area contributed by atoms with Crippen LogP contribution in [0.15, 0.2) is 47.4 Å². The van der Waals surface area contributed by atoms with Gasteiger partial charge in [0.25, 0.3) is 10.1 Å². The Morgan fingerprint density at radius 2 is 1.45 bits per heavy atom. The van der Waals surface area contributed by atoms with Gasteiger partial charge in [0.15, 0.2) is 0 Å². The molecule has 0 bridgehead atoms. The zero-order chi connectivity index (χ0) is 21.8. The van der Waals surface area contributed by atoms with Crippen molar-refractivity contribution in [3.05, 3.63) is 48.0 Å². The van der Waals surface area contributed by atoms with Gasteiger partial charge >= 0.3 is 29.6 Å². The average Bonchev–Trinajstić information content (AvgIpc) is 2.71.